The summed E-state index contributed by atoms with van der Waals surface area (Å²) in [5.41, 5.74) is 5.74. The van der Waals surface area contributed by atoms with E-state index in [0.717, 1.165) is 55.1 Å². The van der Waals surface area contributed by atoms with Crippen molar-refractivity contribution in [2.45, 2.75) is 43.9 Å². The lowest BCUT2D eigenvalue weighted by atomic mass is 9.83. The van der Waals surface area contributed by atoms with Crippen LogP contribution in [0.2, 0.25) is 0 Å². The summed E-state index contributed by atoms with van der Waals surface area (Å²) in [6.45, 7) is 2.80. The molecule has 5 heteroatoms. The number of aliphatic imine (C=N–C) groups is 1. The van der Waals surface area contributed by atoms with Crippen LogP contribution in [0.3, 0.4) is 0 Å². The van der Waals surface area contributed by atoms with Crippen molar-refractivity contribution < 1.29 is 8.42 Å². The van der Waals surface area contributed by atoms with Crippen molar-refractivity contribution in [3.05, 3.63) is 101 Å². The summed E-state index contributed by atoms with van der Waals surface area (Å²) < 4.78 is 28.0. The second-order valence-electron chi connectivity index (χ2n) is 9.21. The highest BCUT2D eigenvalue weighted by atomic mass is 32.2. The molecule has 0 N–H and O–H groups in total. The first kappa shape index (κ1) is 22.6. The minimum Gasteiger partial charge on any atom is -0.297 e. The van der Waals surface area contributed by atoms with Gasteiger partial charge in [-0.25, -0.2) is 12.4 Å². The first-order valence-corrected chi connectivity index (χ1v) is 13.4. The number of nitrogens with zero attached hydrogens (tertiary/aromatic N) is 2. The van der Waals surface area contributed by atoms with Gasteiger partial charge in [0, 0.05) is 24.3 Å². The molecule has 34 heavy (non-hydrogen) atoms. The second-order valence-corrected chi connectivity index (χ2v) is 11.0. The zero-order valence-corrected chi connectivity index (χ0v) is 20.3. The second kappa shape index (κ2) is 9.59. The fourth-order valence-electron chi connectivity index (χ4n) is 4.88. The molecule has 0 saturated heterocycles. The highest BCUT2D eigenvalue weighted by Crippen LogP contribution is 2.33. The summed E-state index contributed by atoms with van der Waals surface area (Å²) in [6, 6.07) is 23.6. The lowest BCUT2D eigenvalue weighted by Gasteiger charge is -2.23. The SMILES string of the molecule is Cc1ccc(S(=O)(=O)n2ccc3c4c(ccc32)CCC(C=NCCCc2ccccc2)C4)cc1. The van der Waals surface area contributed by atoms with Gasteiger partial charge in [0.2, 0.25) is 0 Å². The van der Waals surface area contributed by atoms with Crippen LogP contribution in [0.5, 0.6) is 0 Å². The maximum Gasteiger partial charge on any atom is 0.268 e. The van der Waals surface area contributed by atoms with Crippen LogP contribution in [-0.2, 0) is 29.3 Å². The zero-order chi connectivity index (χ0) is 23.5. The van der Waals surface area contributed by atoms with Gasteiger partial charge < -0.3 is 0 Å². The molecule has 3 aromatic carbocycles. The number of rotatable bonds is 7. The molecule has 1 atom stereocenters. The Balaban J connectivity index is 1.32. The minimum atomic E-state index is -3.63. The van der Waals surface area contributed by atoms with Gasteiger partial charge in [0.1, 0.15) is 0 Å². The van der Waals surface area contributed by atoms with Crippen molar-refractivity contribution in [2.75, 3.05) is 6.54 Å². The Hall–Kier alpha value is -3.18. The first-order chi connectivity index (χ1) is 16.5. The number of aromatic nitrogens is 1. The molecule has 1 aliphatic rings. The Morgan fingerprint density at radius 2 is 1.79 bits per heavy atom. The Morgan fingerprint density at radius 3 is 2.59 bits per heavy atom. The Kier molecular flexibility index (Phi) is 6.38. The van der Waals surface area contributed by atoms with E-state index in [2.05, 4.69) is 36.5 Å². The van der Waals surface area contributed by atoms with Crippen molar-refractivity contribution in [2.24, 2.45) is 10.9 Å². The van der Waals surface area contributed by atoms with Crippen molar-refractivity contribution in [1.82, 2.24) is 3.97 Å². The quantitative estimate of drug-likeness (QED) is 0.246. The molecule has 4 nitrogen and oxygen atoms in total. The summed E-state index contributed by atoms with van der Waals surface area (Å²) >= 11 is 0. The van der Waals surface area contributed by atoms with Crippen molar-refractivity contribution in [3.8, 4) is 0 Å². The Labute approximate surface area is 202 Å². The van der Waals surface area contributed by atoms with Crippen LogP contribution in [0.25, 0.3) is 10.9 Å². The van der Waals surface area contributed by atoms with E-state index in [0.29, 0.717) is 10.8 Å². The highest BCUT2D eigenvalue weighted by Gasteiger charge is 2.24. The van der Waals surface area contributed by atoms with E-state index in [4.69, 9.17) is 4.99 Å². The smallest absolute Gasteiger partial charge is 0.268 e. The monoisotopic (exact) mass is 470 g/mol. The van der Waals surface area contributed by atoms with Gasteiger partial charge in [-0.2, -0.15) is 0 Å². The van der Waals surface area contributed by atoms with Crippen molar-refractivity contribution >= 4 is 27.1 Å². The number of fused-ring (bicyclic) bond motifs is 3. The van der Waals surface area contributed by atoms with Gasteiger partial charge in [-0.15, -0.1) is 0 Å². The van der Waals surface area contributed by atoms with E-state index in [1.807, 2.05) is 37.3 Å². The molecule has 0 bridgehead atoms. The van der Waals surface area contributed by atoms with E-state index < -0.39 is 10.0 Å². The summed E-state index contributed by atoms with van der Waals surface area (Å²) in [5.74, 6) is 0.395. The lowest BCUT2D eigenvalue weighted by molar-refractivity contribution is 0.588. The van der Waals surface area contributed by atoms with Gasteiger partial charge in [0.05, 0.1) is 10.4 Å². The zero-order valence-electron chi connectivity index (χ0n) is 19.5. The maximum atomic E-state index is 13.3. The number of hydrogen-bond acceptors (Lipinski definition) is 3. The molecule has 1 aromatic heterocycles. The molecule has 0 spiro atoms. The van der Waals surface area contributed by atoms with Crippen molar-refractivity contribution in [1.29, 1.82) is 0 Å². The summed E-state index contributed by atoms with van der Waals surface area (Å²) in [7, 11) is -3.63. The van der Waals surface area contributed by atoms with Gasteiger partial charge in [-0.1, -0.05) is 54.1 Å². The topological polar surface area (TPSA) is 51.4 Å². The van der Waals surface area contributed by atoms with Crippen LogP contribution in [-0.4, -0.2) is 25.1 Å². The summed E-state index contributed by atoms with van der Waals surface area (Å²) in [6.07, 6.45) is 8.92. The predicted octanol–water partition coefficient (Wildman–Crippen LogP) is 6.00. The molecule has 0 fully saturated rings. The van der Waals surface area contributed by atoms with Crippen LogP contribution in [0.15, 0.2) is 88.9 Å². The third-order valence-electron chi connectivity index (χ3n) is 6.79. The normalized spacial score (nSPS) is 16.2. The van der Waals surface area contributed by atoms with Gasteiger partial charge in [-0.05, 0) is 85.9 Å². The molecule has 5 rings (SSSR count). The van der Waals surface area contributed by atoms with E-state index in [9.17, 15) is 8.42 Å². The molecular weight excluding hydrogens is 440 g/mol. The summed E-state index contributed by atoms with van der Waals surface area (Å²) in [4.78, 5) is 5.04. The molecule has 4 aromatic rings. The number of aryl methyl sites for hydroxylation is 3. The van der Waals surface area contributed by atoms with Gasteiger partial charge >= 0.3 is 0 Å². The van der Waals surface area contributed by atoms with Gasteiger partial charge in [-0.3, -0.25) is 4.99 Å². The number of benzene rings is 3. The molecule has 0 saturated carbocycles. The van der Waals surface area contributed by atoms with E-state index in [-0.39, 0.29) is 0 Å². The minimum absolute atomic E-state index is 0.314. The first-order valence-electron chi connectivity index (χ1n) is 12.0. The van der Waals surface area contributed by atoms with Crippen LogP contribution in [0.4, 0.5) is 0 Å². The molecule has 0 radical (unpaired) electrons. The standard InChI is InChI=1S/C29H30N2O2S/c1-22-9-14-26(15-10-22)34(32,33)31-19-17-27-28-20-24(11-12-25(28)13-16-29(27)31)21-30-18-5-8-23-6-3-2-4-7-23/h2-4,6-7,9-10,13-17,19,21,24H,5,8,11-12,18,20H2,1H3. The van der Waals surface area contributed by atoms with E-state index in [1.54, 1.807) is 18.3 Å². The third kappa shape index (κ3) is 4.58. The molecule has 0 aliphatic heterocycles. The molecule has 1 unspecified atom stereocenters. The van der Waals surface area contributed by atoms with Crippen LogP contribution in [0, 0.1) is 12.8 Å². The number of hydrogen-bond donors (Lipinski definition) is 0. The fraction of sp³-hybridized carbons (Fsp3) is 0.276. The predicted molar refractivity (Wildman–Crippen MR) is 139 cm³/mol. The molecule has 174 valence electrons. The van der Waals surface area contributed by atoms with E-state index in [1.165, 1.54) is 20.7 Å². The van der Waals surface area contributed by atoms with Gasteiger partial charge in [0.15, 0.2) is 0 Å². The van der Waals surface area contributed by atoms with Crippen LogP contribution in [0.1, 0.15) is 35.1 Å². The molecule has 1 aliphatic carbocycles. The molecule has 0 amide bonds. The highest BCUT2D eigenvalue weighted by molar-refractivity contribution is 7.90. The van der Waals surface area contributed by atoms with Crippen LogP contribution < -0.4 is 0 Å². The fourth-order valence-corrected chi connectivity index (χ4v) is 6.23. The Bertz CT molecular complexity index is 1420. The molecule has 1 heterocycles. The maximum absolute atomic E-state index is 13.3. The van der Waals surface area contributed by atoms with Crippen molar-refractivity contribution in [3.63, 3.8) is 0 Å². The average Bonchev–Trinajstić information content (AvgIpc) is 3.30. The largest absolute Gasteiger partial charge is 0.297 e. The molecular formula is C29H30N2O2S. The van der Waals surface area contributed by atoms with Gasteiger partial charge in [0.25, 0.3) is 10.0 Å². The Morgan fingerprint density at radius 1 is 1.00 bits per heavy atom. The third-order valence-corrected chi connectivity index (χ3v) is 8.49. The lowest BCUT2D eigenvalue weighted by Crippen LogP contribution is -2.16. The van der Waals surface area contributed by atoms with E-state index >= 15 is 0 Å². The average molecular weight is 471 g/mol. The summed E-state index contributed by atoms with van der Waals surface area (Å²) in [5, 5.41) is 1.04. The van der Waals surface area contributed by atoms with Crippen LogP contribution >= 0.6 is 0 Å².